The summed E-state index contributed by atoms with van der Waals surface area (Å²) >= 11 is 0. The average molecular weight is 191 g/mol. The summed E-state index contributed by atoms with van der Waals surface area (Å²) < 4.78 is 43.4. The molecule has 13 heavy (non-hydrogen) atoms. The van der Waals surface area contributed by atoms with Gasteiger partial charge in [-0.25, -0.2) is 0 Å². The second kappa shape index (κ2) is 3.55. The summed E-state index contributed by atoms with van der Waals surface area (Å²) in [5.41, 5.74) is 0. The van der Waals surface area contributed by atoms with Crippen LogP contribution in [0.25, 0.3) is 0 Å². The molecule has 0 unspecified atom stereocenters. The summed E-state index contributed by atoms with van der Waals surface area (Å²) in [7, 11) is 1.34. The lowest BCUT2D eigenvalue weighted by molar-refractivity contribution is -0.274. The predicted octanol–water partition coefficient (Wildman–Crippen LogP) is 2.39. The molecule has 1 aromatic rings. The van der Waals surface area contributed by atoms with E-state index in [0.29, 0.717) is 0 Å². The van der Waals surface area contributed by atoms with E-state index in [0.717, 1.165) is 6.07 Å². The van der Waals surface area contributed by atoms with Crippen LogP contribution >= 0.6 is 0 Å². The average Bonchev–Trinajstić information content (AvgIpc) is 2.01. The Bertz CT molecular complexity index is 283. The van der Waals surface area contributed by atoms with Crippen molar-refractivity contribution in [2.45, 2.75) is 6.36 Å². The van der Waals surface area contributed by atoms with Crippen molar-refractivity contribution in [1.82, 2.24) is 0 Å². The van der Waals surface area contributed by atoms with E-state index in [1.807, 2.05) is 0 Å². The van der Waals surface area contributed by atoms with Crippen molar-refractivity contribution in [3.8, 4) is 11.5 Å². The first-order chi connectivity index (χ1) is 6.01. The number of alkyl halides is 3. The van der Waals surface area contributed by atoms with Gasteiger partial charge in [-0.1, -0.05) is 6.07 Å². The first-order valence-electron chi connectivity index (χ1n) is 3.33. The molecule has 1 rings (SSSR count). The van der Waals surface area contributed by atoms with Crippen LogP contribution < -0.4 is 9.47 Å². The quantitative estimate of drug-likeness (QED) is 0.714. The van der Waals surface area contributed by atoms with Crippen LogP contribution in [0.5, 0.6) is 11.5 Å². The standard InChI is InChI=1S/C8H6F3O2/c1-12-6-3-2-4-7(5-6)13-8(9,10)11/h2-4H,1H3. The molecule has 0 N–H and O–H groups in total. The molecule has 1 radical (unpaired) electrons. The summed E-state index contributed by atoms with van der Waals surface area (Å²) in [6.45, 7) is 0. The Labute approximate surface area is 72.9 Å². The topological polar surface area (TPSA) is 18.5 Å². The van der Waals surface area contributed by atoms with Gasteiger partial charge in [0.1, 0.15) is 11.5 Å². The van der Waals surface area contributed by atoms with Crippen LogP contribution in [0.3, 0.4) is 0 Å². The zero-order chi connectivity index (χ0) is 9.90. The molecule has 71 valence electrons. The van der Waals surface area contributed by atoms with Crippen LogP contribution in [-0.4, -0.2) is 13.5 Å². The largest absolute Gasteiger partial charge is 0.573 e. The van der Waals surface area contributed by atoms with Crippen LogP contribution in [0.2, 0.25) is 0 Å². The van der Waals surface area contributed by atoms with Gasteiger partial charge in [-0.15, -0.1) is 13.2 Å². The van der Waals surface area contributed by atoms with Gasteiger partial charge in [0, 0.05) is 0 Å². The molecule has 0 spiro atoms. The van der Waals surface area contributed by atoms with E-state index >= 15 is 0 Å². The van der Waals surface area contributed by atoms with E-state index in [-0.39, 0.29) is 5.75 Å². The normalized spacial score (nSPS) is 11.1. The van der Waals surface area contributed by atoms with Crippen LogP contribution in [0.15, 0.2) is 18.2 Å². The maximum atomic E-state index is 11.7. The van der Waals surface area contributed by atoms with Crippen molar-refractivity contribution in [3.05, 3.63) is 24.3 Å². The fourth-order valence-electron chi connectivity index (χ4n) is 0.731. The zero-order valence-electron chi connectivity index (χ0n) is 6.68. The SMILES string of the molecule is COc1[c]c(OC(F)(F)F)ccc1. The molecule has 0 amide bonds. The highest BCUT2D eigenvalue weighted by molar-refractivity contribution is 5.31. The Kier molecular flexibility index (Phi) is 2.65. The van der Waals surface area contributed by atoms with Gasteiger partial charge >= 0.3 is 6.36 Å². The number of halogens is 3. The molecular weight excluding hydrogens is 185 g/mol. The first-order valence-corrected chi connectivity index (χ1v) is 3.33. The lowest BCUT2D eigenvalue weighted by atomic mass is 10.3. The molecule has 0 bridgehead atoms. The molecule has 2 nitrogen and oxygen atoms in total. The van der Waals surface area contributed by atoms with Crippen LogP contribution in [0.4, 0.5) is 13.2 Å². The van der Waals surface area contributed by atoms with Gasteiger partial charge in [0.25, 0.3) is 0 Å². The van der Waals surface area contributed by atoms with Crippen LogP contribution in [0, 0.1) is 6.07 Å². The molecule has 1 aromatic carbocycles. The van der Waals surface area contributed by atoms with Gasteiger partial charge in [0.2, 0.25) is 0 Å². The lowest BCUT2D eigenvalue weighted by Crippen LogP contribution is -2.17. The number of ether oxygens (including phenoxy) is 2. The Morgan fingerprint density at radius 2 is 1.85 bits per heavy atom. The van der Waals surface area contributed by atoms with E-state index in [4.69, 9.17) is 0 Å². The molecule has 0 saturated heterocycles. The number of methoxy groups -OCH3 is 1. The predicted molar refractivity (Wildman–Crippen MR) is 38.5 cm³/mol. The molecule has 0 aliphatic rings. The molecule has 0 atom stereocenters. The second-order valence-corrected chi connectivity index (χ2v) is 2.13. The van der Waals surface area contributed by atoms with Gasteiger partial charge in [-0.05, 0) is 12.1 Å². The minimum atomic E-state index is -4.69. The molecule has 0 aliphatic heterocycles. The Balaban J connectivity index is 2.78. The molecule has 5 heteroatoms. The van der Waals surface area contributed by atoms with Gasteiger partial charge < -0.3 is 9.47 Å². The molecule has 0 aromatic heterocycles. The van der Waals surface area contributed by atoms with Gasteiger partial charge in [-0.2, -0.15) is 0 Å². The summed E-state index contributed by atoms with van der Waals surface area (Å²) in [4.78, 5) is 0. The summed E-state index contributed by atoms with van der Waals surface area (Å²) in [6, 6.07) is 6.30. The zero-order valence-corrected chi connectivity index (χ0v) is 6.68. The Morgan fingerprint density at radius 3 is 2.38 bits per heavy atom. The number of hydrogen-bond acceptors (Lipinski definition) is 2. The molecule has 0 fully saturated rings. The third-order valence-corrected chi connectivity index (χ3v) is 1.19. The minimum absolute atomic E-state index is 0.196. The Morgan fingerprint density at radius 1 is 1.23 bits per heavy atom. The molecule has 0 saturated carbocycles. The third-order valence-electron chi connectivity index (χ3n) is 1.19. The molecular formula is C8H6F3O2. The maximum Gasteiger partial charge on any atom is 0.573 e. The van der Waals surface area contributed by atoms with Crippen molar-refractivity contribution >= 4 is 0 Å². The highest BCUT2D eigenvalue weighted by Crippen LogP contribution is 2.24. The fourth-order valence-corrected chi connectivity index (χ4v) is 0.731. The molecule has 0 heterocycles. The third kappa shape index (κ3) is 3.23. The summed E-state index contributed by atoms with van der Waals surface area (Å²) in [6.07, 6.45) is -4.69. The van der Waals surface area contributed by atoms with E-state index in [2.05, 4.69) is 15.5 Å². The number of benzene rings is 1. The van der Waals surface area contributed by atoms with Crippen LogP contribution in [0.1, 0.15) is 0 Å². The highest BCUT2D eigenvalue weighted by Gasteiger charge is 2.31. The van der Waals surface area contributed by atoms with Crippen molar-refractivity contribution in [2.75, 3.05) is 7.11 Å². The Hall–Kier alpha value is -1.39. The minimum Gasteiger partial charge on any atom is -0.496 e. The van der Waals surface area contributed by atoms with Gasteiger partial charge in [-0.3, -0.25) is 0 Å². The first kappa shape index (κ1) is 9.70. The second-order valence-electron chi connectivity index (χ2n) is 2.13. The lowest BCUT2D eigenvalue weighted by Gasteiger charge is -2.08. The van der Waals surface area contributed by atoms with Crippen molar-refractivity contribution in [3.63, 3.8) is 0 Å². The van der Waals surface area contributed by atoms with E-state index in [9.17, 15) is 13.2 Å². The molecule has 0 aliphatic carbocycles. The van der Waals surface area contributed by atoms with E-state index in [1.165, 1.54) is 19.2 Å². The van der Waals surface area contributed by atoms with Crippen LogP contribution in [-0.2, 0) is 0 Å². The monoisotopic (exact) mass is 191 g/mol. The number of rotatable bonds is 2. The van der Waals surface area contributed by atoms with Gasteiger partial charge in [0.05, 0.1) is 13.2 Å². The maximum absolute atomic E-state index is 11.7. The van der Waals surface area contributed by atoms with Gasteiger partial charge in [0.15, 0.2) is 0 Å². The summed E-state index contributed by atoms with van der Waals surface area (Å²) in [5, 5.41) is 0. The smallest absolute Gasteiger partial charge is 0.496 e. The van der Waals surface area contributed by atoms with Crippen molar-refractivity contribution < 1.29 is 22.6 Å². The van der Waals surface area contributed by atoms with E-state index < -0.39 is 12.1 Å². The fraction of sp³-hybridized carbons (Fsp3) is 0.250. The summed E-state index contributed by atoms with van der Waals surface area (Å²) in [5.74, 6) is -0.214. The van der Waals surface area contributed by atoms with Crippen molar-refractivity contribution in [1.29, 1.82) is 0 Å². The number of hydrogen-bond donors (Lipinski definition) is 0. The van der Waals surface area contributed by atoms with Crippen molar-refractivity contribution in [2.24, 2.45) is 0 Å². The highest BCUT2D eigenvalue weighted by atomic mass is 19.4. The van der Waals surface area contributed by atoms with E-state index in [1.54, 1.807) is 0 Å².